The van der Waals surface area contributed by atoms with Crippen LogP contribution in [0.1, 0.15) is 46.0 Å². The maximum Gasteiger partial charge on any atom is 0.291 e. The number of ether oxygens (including phenoxy) is 1. The summed E-state index contributed by atoms with van der Waals surface area (Å²) in [7, 11) is 1.94. The maximum atomic E-state index is 13.6. The molecule has 46 heavy (non-hydrogen) atoms. The van der Waals surface area contributed by atoms with Gasteiger partial charge in [-0.2, -0.15) is 0 Å². The van der Waals surface area contributed by atoms with Gasteiger partial charge < -0.3 is 19.7 Å². The number of carbonyl (C=O) groups excluding carboxylic acids is 1. The second-order valence-electron chi connectivity index (χ2n) is 12.5. The normalized spacial score (nSPS) is 17.9. The molecule has 4 aromatic rings. The minimum atomic E-state index is -0.221. The number of halogens is 1. The molecule has 0 unspecified atom stereocenters. The lowest BCUT2D eigenvalue weighted by Gasteiger charge is -2.36. The zero-order valence-electron chi connectivity index (χ0n) is 26.2. The summed E-state index contributed by atoms with van der Waals surface area (Å²) >= 11 is 8.57. The molecule has 0 bridgehead atoms. The first-order chi connectivity index (χ1) is 22.3. The lowest BCUT2D eigenvalue weighted by Crippen LogP contribution is -2.49. The van der Waals surface area contributed by atoms with E-state index in [1.54, 1.807) is 0 Å². The smallest absolute Gasteiger partial charge is 0.291 e. The lowest BCUT2D eigenvalue weighted by molar-refractivity contribution is -0.00291. The van der Waals surface area contributed by atoms with Crippen LogP contribution in [0.25, 0.3) is 11.1 Å². The average molecular weight is 659 g/mol. The summed E-state index contributed by atoms with van der Waals surface area (Å²) in [6.45, 7) is 7.57. The number of fused-ring (bicyclic) bond motifs is 1. The molecule has 3 aliphatic rings. The summed E-state index contributed by atoms with van der Waals surface area (Å²) in [5.74, 6) is 0.212. The number of nitrogens with zero attached hydrogens (tertiary/aromatic N) is 5. The standard InChI is InChI=1S/C35H39ClN6O3S/c1-22-26(27-6-4-8-31(33(27)36)46-32-17-23(9-13-37-32)18-41-19-25(43)20-41)5-3-7-28(22)39-35(44)34-38-29-21-42(14-10-30(29)40(34)2)24-11-15-45-16-12-24/h3-9,13,17,24-25,43H,10-12,14-16,18-21H2,1-2H3,(H,39,44). The van der Waals surface area contributed by atoms with E-state index in [-0.39, 0.29) is 12.0 Å². The SMILES string of the molecule is Cc1c(NC(=O)c2nc3c(n2C)CCN(C2CCOCC2)C3)cccc1-c1cccc(Sc2cc(CN3CC(O)C3)ccn2)c1Cl. The molecule has 9 nitrogen and oxygen atoms in total. The van der Waals surface area contributed by atoms with Crippen molar-refractivity contribution in [3.8, 4) is 11.1 Å². The quantitative estimate of drug-likeness (QED) is 0.254. The van der Waals surface area contributed by atoms with Crippen molar-refractivity contribution in [3.63, 3.8) is 0 Å². The van der Waals surface area contributed by atoms with Crippen LogP contribution in [-0.2, 0) is 31.3 Å². The number of nitrogens with one attached hydrogen (secondary N) is 1. The fourth-order valence-electron chi connectivity index (χ4n) is 6.80. The Morgan fingerprint density at radius 1 is 1.13 bits per heavy atom. The highest BCUT2D eigenvalue weighted by Gasteiger charge is 2.30. The van der Waals surface area contributed by atoms with Gasteiger partial charge in [0.1, 0.15) is 5.03 Å². The summed E-state index contributed by atoms with van der Waals surface area (Å²) < 4.78 is 7.52. The molecule has 2 N–H and O–H groups in total. The van der Waals surface area contributed by atoms with Gasteiger partial charge in [-0.3, -0.25) is 14.6 Å². The largest absolute Gasteiger partial charge is 0.390 e. The van der Waals surface area contributed by atoms with Gasteiger partial charge in [-0.1, -0.05) is 47.6 Å². The molecule has 2 fully saturated rings. The van der Waals surface area contributed by atoms with Crippen LogP contribution in [0.4, 0.5) is 5.69 Å². The Hall–Kier alpha value is -3.25. The molecule has 0 spiro atoms. The Balaban J connectivity index is 1.07. The van der Waals surface area contributed by atoms with Crippen molar-refractivity contribution in [2.75, 3.05) is 38.2 Å². The van der Waals surface area contributed by atoms with Crippen molar-refractivity contribution in [2.24, 2.45) is 7.05 Å². The van der Waals surface area contributed by atoms with Gasteiger partial charge in [-0.25, -0.2) is 9.97 Å². The number of β-amino-alcohol motifs (C(OH)–C–C–N with tert-alkyl or cyclic N) is 1. The first-order valence-electron chi connectivity index (χ1n) is 15.9. The van der Waals surface area contributed by atoms with E-state index in [2.05, 4.69) is 26.2 Å². The summed E-state index contributed by atoms with van der Waals surface area (Å²) in [6.07, 6.45) is 4.58. The van der Waals surface area contributed by atoms with Crippen LogP contribution < -0.4 is 5.32 Å². The molecule has 0 aliphatic carbocycles. The van der Waals surface area contributed by atoms with E-state index in [4.69, 9.17) is 21.3 Å². The van der Waals surface area contributed by atoms with E-state index < -0.39 is 0 Å². The van der Waals surface area contributed by atoms with Crippen LogP contribution in [0.2, 0.25) is 5.02 Å². The highest BCUT2D eigenvalue weighted by atomic mass is 35.5. The van der Waals surface area contributed by atoms with E-state index in [0.717, 1.165) is 101 Å². The van der Waals surface area contributed by atoms with E-state index in [9.17, 15) is 9.90 Å². The van der Waals surface area contributed by atoms with Crippen LogP contribution in [0.3, 0.4) is 0 Å². The van der Waals surface area contributed by atoms with Crippen molar-refractivity contribution in [2.45, 2.75) is 61.3 Å². The number of likely N-dealkylation sites (tertiary alicyclic amines) is 1. The first kappa shape index (κ1) is 31.4. The average Bonchev–Trinajstić information content (AvgIpc) is 3.39. The third-order valence-electron chi connectivity index (χ3n) is 9.39. The van der Waals surface area contributed by atoms with E-state index in [0.29, 0.717) is 30.0 Å². The van der Waals surface area contributed by atoms with Gasteiger partial charge in [0.2, 0.25) is 0 Å². The monoisotopic (exact) mass is 658 g/mol. The van der Waals surface area contributed by atoms with Gasteiger partial charge in [0.15, 0.2) is 5.82 Å². The number of pyridine rings is 1. The molecular weight excluding hydrogens is 620 g/mol. The van der Waals surface area contributed by atoms with Gasteiger partial charge in [0.05, 0.1) is 16.8 Å². The molecule has 7 rings (SSSR count). The summed E-state index contributed by atoms with van der Waals surface area (Å²) in [4.78, 5) is 28.6. The van der Waals surface area contributed by atoms with E-state index in [1.165, 1.54) is 11.8 Å². The third kappa shape index (κ3) is 6.47. The highest BCUT2D eigenvalue weighted by molar-refractivity contribution is 7.99. The molecule has 0 atom stereocenters. The summed E-state index contributed by atoms with van der Waals surface area (Å²) in [6, 6.07) is 16.5. The Morgan fingerprint density at radius 2 is 1.91 bits per heavy atom. The molecule has 2 saturated heterocycles. The number of carbonyl (C=O) groups is 1. The molecular formula is C35H39ClN6O3S. The van der Waals surface area contributed by atoms with Crippen LogP contribution >= 0.6 is 23.4 Å². The zero-order chi connectivity index (χ0) is 31.8. The highest BCUT2D eigenvalue weighted by Crippen LogP contribution is 2.41. The summed E-state index contributed by atoms with van der Waals surface area (Å²) in [5, 5.41) is 14.3. The fourth-order valence-corrected chi connectivity index (χ4v) is 8.04. The molecule has 5 heterocycles. The topological polar surface area (TPSA) is 95.8 Å². The van der Waals surface area contributed by atoms with Gasteiger partial charge in [-0.15, -0.1) is 0 Å². The molecule has 0 saturated carbocycles. The van der Waals surface area contributed by atoms with Crippen molar-refractivity contribution in [1.82, 2.24) is 24.3 Å². The third-order valence-corrected chi connectivity index (χ3v) is 10.9. The number of amides is 1. The van der Waals surface area contributed by atoms with Crippen LogP contribution in [0.5, 0.6) is 0 Å². The molecule has 11 heteroatoms. The fraction of sp³-hybridized carbons (Fsp3) is 0.400. The van der Waals surface area contributed by atoms with Crippen molar-refractivity contribution in [3.05, 3.63) is 88.1 Å². The van der Waals surface area contributed by atoms with Crippen LogP contribution in [0, 0.1) is 6.92 Å². The van der Waals surface area contributed by atoms with Gasteiger partial charge in [0.25, 0.3) is 5.91 Å². The number of aliphatic hydroxyl groups is 1. The van der Waals surface area contributed by atoms with E-state index >= 15 is 0 Å². The predicted molar refractivity (Wildman–Crippen MR) is 180 cm³/mol. The molecule has 0 radical (unpaired) electrons. The number of aromatic nitrogens is 3. The van der Waals surface area contributed by atoms with Gasteiger partial charge in [0, 0.05) is 93.5 Å². The minimum Gasteiger partial charge on any atom is -0.390 e. The van der Waals surface area contributed by atoms with Gasteiger partial charge in [-0.05, 0) is 60.7 Å². The van der Waals surface area contributed by atoms with Crippen LogP contribution in [-0.4, -0.2) is 80.3 Å². The Labute approximate surface area is 278 Å². The van der Waals surface area contributed by atoms with E-state index in [1.807, 2.05) is 67.2 Å². The van der Waals surface area contributed by atoms with Gasteiger partial charge >= 0.3 is 0 Å². The summed E-state index contributed by atoms with van der Waals surface area (Å²) in [5.41, 5.74) is 6.80. The number of hydrogen-bond acceptors (Lipinski definition) is 8. The minimum absolute atomic E-state index is 0.219. The van der Waals surface area contributed by atoms with Crippen molar-refractivity contribution >= 4 is 35.0 Å². The molecule has 1 amide bonds. The Bertz CT molecular complexity index is 1750. The maximum absolute atomic E-state index is 13.6. The number of benzene rings is 2. The number of aliphatic hydroxyl groups excluding tert-OH is 1. The molecule has 240 valence electrons. The second-order valence-corrected chi connectivity index (χ2v) is 13.9. The Kier molecular flexibility index (Phi) is 9.18. The first-order valence-corrected chi connectivity index (χ1v) is 17.1. The Morgan fingerprint density at radius 3 is 2.72 bits per heavy atom. The second kappa shape index (κ2) is 13.5. The van der Waals surface area contributed by atoms with Crippen molar-refractivity contribution < 1.29 is 14.6 Å². The number of imidazole rings is 1. The number of rotatable bonds is 8. The van der Waals surface area contributed by atoms with Crippen LogP contribution in [0.15, 0.2) is 64.6 Å². The van der Waals surface area contributed by atoms with Crippen molar-refractivity contribution in [1.29, 1.82) is 0 Å². The zero-order valence-corrected chi connectivity index (χ0v) is 27.8. The molecule has 2 aromatic heterocycles. The number of anilines is 1. The molecule has 3 aliphatic heterocycles. The predicted octanol–water partition coefficient (Wildman–Crippen LogP) is 5.56. The lowest BCUT2D eigenvalue weighted by atomic mass is 9.99. The molecule has 2 aromatic carbocycles. The number of hydrogen-bond donors (Lipinski definition) is 2.